The molecule has 0 amide bonds. The first-order valence-corrected chi connectivity index (χ1v) is 7.26. The number of benzene rings is 1. The van der Waals surface area contributed by atoms with E-state index in [-0.39, 0.29) is 0 Å². The first-order chi connectivity index (χ1) is 10.2. The summed E-state index contributed by atoms with van der Waals surface area (Å²) in [6.45, 7) is 5.47. The molecule has 0 spiro atoms. The van der Waals surface area contributed by atoms with E-state index in [2.05, 4.69) is 23.3 Å². The van der Waals surface area contributed by atoms with Crippen molar-refractivity contribution in [3.05, 3.63) is 41.2 Å². The molecule has 0 radical (unpaired) electrons. The standard InChI is InChI=1S/C16H20N4O/c1-3-6-16-15(12-17)18-19-20(16)9-5-10-21-14-8-4-7-13(2)11-14/h4,7-8,11H,3,5-6,9-10H2,1-2H3. The number of nitrogens with zero attached hydrogens (tertiary/aromatic N) is 4. The van der Waals surface area contributed by atoms with Gasteiger partial charge in [-0.25, -0.2) is 4.68 Å². The molecule has 0 aliphatic rings. The maximum atomic E-state index is 9.01. The molecule has 2 rings (SSSR count). The van der Waals surface area contributed by atoms with Crippen molar-refractivity contribution in [3.63, 3.8) is 0 Å². The highest BCUT2D eigenvalue weighted by Crippen LogP contribution is 2.13. The van der Waals surface area contributed by atoms with Gasteiger partial charge >= 0.3 is 0 Å². The summed E-state index contributed by atoms with van der Waals surface area (Å²) in [6, 6.07) is 10.1. The molecule has 0 unspecified atom stereocenters. The van der Waals surface area contributed by atoms with Gasteiger partial charge in [0.1, 0.15) is 11.8 Å². The van der Waals surface area contributed by atoms with Gasteiger partial charge in [0.2, 0.25) is 0 Å². The summed E-state index contributed by atoms with van der Waals surface area (Å²) in [5.74, 6) is 0.889. The Morgan fingerprint density at radius 3 is 2.95 bits per heavy atom. The quantitative estimate of drug-likeness (QED) is 0.733. The number of aryl methyl sites for hydroxylation is 2. The highest BCUT2D eigenvalue weighted by atomic mass is 16.5. The van der Waals surface area contributed by atoms with Gasteiger partial charge in [-0.05, 0) is 31.0 Å². The molecule has 5 nitrogen and oxygen atoms in total. The van der Waals surface area contributed by atoms with E-state index in [4.69, 9.17) is 10.00 Å². The summed E-state index contributed by atoms with van der Waals surface area (Å²) >= 11 is 0. The minimum Gasteiger partial charge on any atom is -0.494 e. The Morgan fingerprint density at radius 1 is 1.38 bits per heavy atom. The van der Waals surface area contributed by atoms with E-state index in [1.807, 2.05) is 35.9 Å². The zero-order chi connectivity index (χ0) is 15.1. The summed E-state index contributed by atoms with van der Waals surface area (Å²) < 4.78 is 7.54. The fourth-order valence-electron chi connectivity index (χ4n) is 2.19. The molecule has 110 valence electrons. The number of nitriles is 1. The minimum atomic E-state index is 0.441. The normalized spacial score (nSPS) is 10.3. The van der Waals surface area contributed by atoms with Crippen LogP contribution in [0.5, 0.6) is 5.75 Å². The van der Waals surface area contributed by atoms with Crippen molar-refractivity contribution in [1.29, 1.82) is 5.26 Å². The lowest BCUT2D eigenvalue weighted by Gasteiger charge is -2.08. The average molecular weight is 284 g/mol. The van der Waals surface area contributed by atoms with E-state index in [9.17, 15) is 0 Å². The van der Waals surface area contributed by atoms with E-state index < -0.39 is 0 Å². The van der Waals surface area contributed by atoms with Crippen LogP contribution in [0.25, 0.3) is 0 Å². The zero-order valence-corrected chi connectivity index (χ0v) is 12.5. The third-order valence-electron chi connectivity index (χ3n) is 3.20. The Bertz CT molecular complexity index is 627. The topological polar surface area (TPSA) is 63.7 Å². The van der Waals surface area contributed by atoms with Crippen molar-refractivity contribution in [2.24, 2.45) is 0 Å². The van der Waals surface area contributed by atoms with Crippen molar-refractivity contribution in [3.8, 4) is 11.8 Å². The molecule has 0 aliphatic heterocycles. The van der Waals surface area contributed by atoms with E-state index in [0.29, 0.717) is 12.3 Å². The van der Waals surface area contributed by atoms with Gasteiger partial charge in [-0.2, -0.15) is 5.26 Å². The van der Waals surface area contributed by atoms with Crippen LogP contribution in [0.4, 0.5) is 0 Å². The lowest BCUT2D eigenvalue weighted by molar-refractivity contribution is 0.296. The van der Waals surface area contributed by atoms with Crippen molar-refractivity contribution in [2.45, 2.75) is 39.7 Å². The minimum absolute atomic E-state index is 0.441. The summed E-state index contributed by atoms with van der Waals surface area (Å²) in [5.41, 5.74) is 2.56. The first kappa shape index (κ1) is 15.0. The maximum absolute atomic E-state index is 9.01. The predicted molar refractivity (Wildman–Crippen MR) is 80.0 cm³/mol. The van der Waals surface area contributed by atoms with Gasteiger partial charge in [-0.3, -0.25) is 0 Å². The first-order valence-electron chi connectivity index (χ1n) is 7.26. The molecule has 1 aromatic heterocycles. The van der Waals surface area contributed by atoms with Gasteiger partial charge in [0.15, 0.2) is 5.69 Å². The van der Waals surface area contributed by atoms with Crippen LogP contribution >= 0.6 is 0 Å². The van der Waals surface area contributed by atoms with Crippen molar-refractivity contribution in [2.75, 3.05) is 6.61 Å². The molecule has 0 bridgehead atoms. The third kappa shape index (κ3) is 4.06. The summed E-state index contributed by atoms with van der Waals surface area (Å²) in [7, 11) is 0. The lowest BCUT2D eigenvalue weighted by Crippen LogP contribution is -2.09. The Morgan fingerprint density at radius 2 is 2.24 bits per heavy atom. The third-order valence-corrected chi connectivity index (χ3v) is 3.20. The second-order valence-electron chi connectivity index (χ2n) is 4.99. The number of hydrogen-bond acceptors (Lipinski definition) is 4. The van der Waals surface area contributed by atoms with Gasteiger partial charge in [0, 0.05) is 13.0 Å². The Labute approximate surface area is 125 Å². The SMILES string of the molecule is CCCc1c(C#N)nnn1CCCOc1cccc(C)c1. The lowest BCUT2D eigenvalue weighted by atomic mass is 10.2. The molecular formula is C16H20N4O. The summed E-state index contributed by atoms with van der Waals surface area (Å²) in [6.07, 6.45) is 2.63. The van der Waals surface area contributed by atoms with E-state index in [1.165, 1.54) is 5.56 Å². The van der Waals surface area contributed by atoms with Crippen LogP contribution in [-0.2, 0) is 13.0 Å². The van der Waals surface area contributed by atoms with Gasteiger partial charge in [-0.15, -0.1) is 5.10 Å². The van der Waals surface area contributed by atoms with Crippen LogP contribution in [0.1, 0.15) is 36.7 Å². The van der Waals surface area contributed by atoms with Gasteiger partial charge in [-0.1, -0.05) is 30.7 Å². The van der Waals surface area contributed by atoms with Crippen molar-refractivity contribution >= 4 is 0 Å². The number of aromatic nitrogens is 3. The molecule has 0 fully saturated rings. The van der Waals surface area contributed by atoms with Crippen LogP contribution in [0.2, 0.25) is 0 Å². The number of rotatable bonds is 7. The summed E-state index contributed by atoms with van der Waals surface area (Å²) in [4.78, 5) is 0. The maximum Gasteiger partial charge on any atom is 0.185 e. The molecular weight excluding hydrogens is 264 g/mol. The van der Waals surface area contributed by atoms with Crippen LogP contribution in [0, 0.1) is 18.3 Å². The molecule has 0 N–H and O–H groups in total. The smallest absolute Gasteiger partial charge is 0.185 e. The summed E-state index contributed by atoms with van der Waals surface area (Å²) in [5, 5.41) is 17.0. The van der Waals surface area contributed by atoms with Crippen LogP contribution in [-0.4, -0.2) is 21.6 Å². The van der Waals surface area contributed by atoms with E-state index in [0.717, 1.165) is 37.3 Å². The van der Waals surface area contributed by atoms with Gasteiger partial charge in [0.05, 0.1) is 12.3 Å². The van der Waals surface area contributed by atoms with E-state index in [1.54, 1.807) is 0 Å². The fraction of sp³-hybridized carbons (Fsp3) is 0.438. The van der Waals surface area contributed by atoms with Gasteiger partial charge < -0.3 is 4.74 Å². The van der Waals surface area contributed by atoms with Crippen molar-refractivity contribution < 1.29 is 4.74 Å². The van der Waals surface area contributed by atoms with Crippen molar-refractivity contribution in [1.82, 2.24) is 15.0 Å². The molecule has 0 saturated heterocycles. The average Bonchev–Trinajstić information content (AvgIpc) is 2.86. The molecule has 0 saturated carbocycles. The second-order valence-corrected chi connectivity index (χ2v) is 4.99. The molecule has 0 aliphatic carbocycles. The fourth-order valence-corrected chi connectivity index (χ4v) is 2.19. The zero-order valence-electron chi connectivity index (χ0n) is 12.5. The van der Waals surface area contributed by atoms with Crippen LogP contribution in [0.3, 0.4) is 0 Å². The highest BCUT2D eigenvalue weighted by Gasteiger charge is 2.11. The van der Waals surface area contributed by atoms with E-state index >= 15 is 0 Å². The number of ether oxygens (including phenoxy) is 1. The number of hydrogen-bond donors (Lipinski definition) is 0. The Hall–Kier alpha value is -2.35. The molecule has 2 aromatic rings. The highest BCUT2D eigenvalue weighted by molar-refractivity contribution is 5.27. The second kappa shape index (κ2) is 7.44. The Kier molecular flexibility index (Phi) is 5.33. The van der Waals surface area contributed by atoms with Crippen LogP contribution in [0.15, 0.2) is 24.3 Å². The molecule has 0 atom stereocenters. The molecule has 5 heteroatoms. The molecule has 1 aromatic carbocycles. The molecule has 1 heterocycles. The Balaban J connectivity index is 1.86. The van der Waals surface area contributed by atoms with Crippen LogP contribution < -0.4 is 4.74 Å². The van der Waals surface area contributed by atoms with Gasteiger partial charge in [0.25, 0.3) is 0 Å². The molecule has 21 heavy (non-hydrogen) atoms. The largest absolute Gasteiger partial charge is 0.494 e. The monoisotopic (exact) mass is 284 g/mol. The predicted octanol–water partition coefficient (Wildman–Crippen LogP) is 2.88.